The van der Waals surface area contributed by atoms with Gasteiger partial charge < -0.3 is 21.1 Å². The molecule has 3 rings (SSSR count). The summed E-state index contributed by atoms with van der Waals surface area (Å²) in [6, 6.07) is 9.21. The molecular weight excluding hydrogens is 490 g/mol. The third kappa shape index (κ3) is 5.55. The van der Waals surface area contributed by atoms with Gasteiger partial charge in [0, 0.05) is 4.47 Å². The van der Waals surface area contributed by atoms with Crippen molar-refractivity contribution in [1.82, 2.24) is 0 Å². The minimum Gasteiger partial charge on any atom is -0.481 e. The van der Waals surface area contributed by atoms with E-state index < -0.39 is 42.2 Å². The number of anilines is 1. The maximum Gasteiger partial charge on any atom is 0.335 e. The molecule has 0 saturated heterocycles. The Morgan fingerprint density at radius 3 is 2.09 bits per heavy atom. The fourth-order valence-electron chi connectivity index (χ4n) is 2.67. The van der Waals surface area contributed by atoms with Gasteiger partial charge in [-0.3, -0.25) is 19.4 Å². The lowest BCUT2D eigenvalue weighted by molar-refractivity contribution is -0.144. The molecule has 0 fully saturated rings. The van der Waals surface area contributed by atoms with E-state index >= 15 is 0 Å². The fourth-order valence-corrected chi connectivity index (χ4v) is 3.03. The number of fused-ring (bicyclic) bond motifs is 1. The van der Waals surface area contributed by atoms with Crippen LogP contribution in [-0.4, -0.2) is 57.4 Å². The zero-order chi connectivity index (χ0) is 24.0. The second-order valence-corrected chi connectivity index (χ2v) is 7.15. The summed E-state index contributed by atoms with van der Waals surface area (Å²) in [6.07, 6.45) is 0.227. The number of carbonyl (C=O) groups is 5. The standard InChI is InChI=1S/C15H8BrNO4.C5H8N2O4/c16-9-3-6-11-12(7-9)14(19)17(13(11)18)10-4-1-8(2-5-10)15(20)21;6-2-7-3(5(10)11)1-4(8)9/h1-7H,(H,20,21);2-3H,1H2,(H2,6,7)(H,8,9)(H,10,11)/t;3-/m.0/s1. The molecule has 0 radical (unpaired) electrons. The first-order chi connectivity index (χ1) is 15.1. The maximum absolute atomic E-state index is 12.3. The van der Waals surface area contributed by atoms with Crippen LogP contribution in [0.2, 0.25) is 0 Å². The van der Waals surface area contributed by atoms with Gasteiger partial charge in [0.25, 0.3) is 11.8 Å². The number of nitrogens with zero attached hydrogens (tertiary/aromatic N) is 2. The average molecular weight is 506 g/mol. The Hall–Kier alpha value is -4.06. The van der Waals surface area contributed by atoms with Crippen molar-refractivity contribution in [2.75, 3.05) is 4.90 Å². The van der Waals surface area contributed by atoms with Crippen molar-refractivity contribution in [2.45, 2.75) is 12.5 Å². The number of imide groups is 1. The van der Waals surface area contributed by atoms with Crippen LogP contribution in [0.15, 0.2) is 51.9 Å². The average Bonchev–Trinajstić information content (AvgIpc) is 2.97. The lowest BCUT2D eigenvalue weighted by Crippen LogP contribution is -2.29. The zero-order valence-corrected chi connectivity index (χ0v) is 17.7. The normalized spacial score (nSPS) is 13.3. The van der Waals surface area contributed by atoms with Gasteiger partial charge in [0.2, 0.25) is 0 Å². The third-order valence-corrected chi connectivity index (χ3v) is 4.63. The quantitative estimate of drug-likeness (QED) is 0.258. The van der Waals surface area contributed by atoms with Crippen LogP contribution in [0.25, 0.3) is 0 Å². The highest BCUT2D eigenvalue weighted by Crippen LogP contribution is 2.30. The van der Waals surface area contributed by atoms with Gasteiger partial charge in [0.05, 0.1) is 35.1 Å². The van der Waals surface area contributed by atoms with Crippen molar-refractivity contribution in [3.63, 3.8) is 0 Å². The van der Waals surface area contributed by atoms with Crippen LogP contribution in [0, 0.1) is 0 Å². The van der Waals surface area contributed by atoms with E-state index in [1.807, 2.05) is 0 Å². The predicted octanol–water partition coefficient (Wildman–Crippen LogP) is 1.85. The van der Waals surface area contributed by atoms with E-state index in [1.165, 1.54) is 24.3 Å². The van der Waals surface area contributed by atoms with Crippen LogP contribution in [0.1, 0.15) is 37.5 Å². The molecule has 2 amide bonds. The second kappa shape index (κ2) is 10.3. The lowest BCUT2D eigenvalue weighted by Gasteiger charge is -2.13. The highest BCUT2D eigenvalue weighted by Gasteiger charge is 2.36. The molecule has 2 aromatic carbocycles. The summed E-state index contributed by atoms with van der Waals surface area (Å²) in [7, 11) is 0. The number of nitrogens with two attached hydrogens (primary N) is 1. The van der Waals surface area contributed by atoms with Gasteiger partial charge in [0.15, 0.2) is 6.04 Å². The number of aliphatic carboxylic acids is 2. The first-order valence-electron chi connectivity index (χ1n) is 8.76. The Morgan fingerprint density at radius 2 is 1.59 bits per heavy atom. The number of carboxylic acid groups (broad SMARTS) is 3. The largest absolute Gasteiger partial charge is 0.481 e. The molecule has 0 spiro atoms. The van der Waals surface area contributed by atoms with Crippen LogP contribution in [0.4, 0.5) is 5.69 Å². The van der Waals surface area contributed by atoms with E-state index in [0.29, 0.717) is 21.3 Å². The maximum atomic E-state index is 12.3. The highest BCUT2D eigenvalue weighted by atomic mass is 79.9. The van der Waals surface area contributed by atoms with Crippen LogP contribution < -0.4 is 10.6 Å². The molecule has 166 valence electrons. The van der Waals surface area contributed by atoms with Crippen molar-refractivity contribution < 1.29 is 39.3 Å². The van der Waals surface area contributed by atoms with E-state index in [2.05, 4.69) is 20.9 Å². The van der Waals surface area contributed by atoms with E-state index in [0.717, 1.165) is 11.2 Å². The molecule has 5 N–H and O–H groups in total. The fraction of sp³-hybridized carbons (Fsp3) is 0.100. The lowest BCUT2D eigenvalue weighted by atomic mass is 10.1. The highest BCUT2D eigenvalue weighted by molar-refractivity contribution is 9.10. The van der Waals surface area contributed by atoms with Crippen LogP contribution in [0.5, 0.6) is 0 Å². The molecule has 11 nitrogen and oxygen atoms in total. The number of benzene rings is 2. The molecule has 1 aliphatic rings. The Morgan fingerprint density at radius 1 is 1.00 bits per heavy atom. The summed E-state index contributed by atoms with van der Waals surface area (Å²) in [4.78, 5) is 60.0. The van der Waals surface area contributed by atoms with Crippen molar-refractivity contribution >= 4 is 57.7 Å². The molecule has 0 aromatic heterocycles. The zero-order valence-electron chi connectivity index (χ0n) is 16.1. The summed E-state index contributed by atoms with van der Waals surface area (Å²) >= 11 is 3.27. The Labute approximate surface area is 188 Å². The van der Waals surface area contributed by atoms with Gasteiger partial charge >= 0.3 is 17.9 Å². The van der Waals surface area contributed by atoms with Gasteiger partial charge in [-0.25, -0.2) is 14.5 Å². The van der Waals surface area contributed by atoms with Gasteiger partial charge in [-0.05, 0) is 42.5 Å². The van der Waals surface area contributed by atoms with Gasteiger partial charge in [0.1, 0.15) is 0 Å². The number of carboxylic acids is 3. The van der Waals surface area contributed by atoms with Crippen molar-refractivity contribution in [2.24, 2.45) is 10.7 Å². The number of amides is 2. The minimum absolute atomic E-state index is 0.0955. The molecule has 1 aliphatic heterocycles. The molecule has 32 heavy (non-hydrogen) atoms. The number of halogens is 1. The summed E-state index contributed by atoms with van der Waals surface area (Å²) in [5.41, 5.74) is 5.91. The predicted molar refractivity (Wildman–Crippen MR) is 115 cm³/mol. The molecule has 0 unspecified atom stereocenters. The monoisotopic (exact) mass is 505 g/mol. The van der Waals surface area contributed by atoms with E-state index in [9.17, 15) is 24.0 Å². The van der Waals surface area contributed by atoms with Gasteiger partial charge in [-0.1, -0.05) is 15.9 Å². The summed E-state index contributed by atoms with van der Waals surface area (Å²) in [5, 5.41) is 25.4. The van der Waals surface area contributed by atoms with Crippen LogP contribution in [-0.2, 0) is 9.59 Å². The number of hydrogen-bond acceptors (Lipinski definition) is 6. The molecular formula is C20H16BrN3O8. The van der Waals surface area contributed by atoms with Gasteiger partial charge in [-0.2, -0.15) is 0 Å². The Kier molecular flexibility index (Phi) is 7.80. The third-order valence-electron chi connectivity index (χ3n) is 4.14. The smallest absolute Gasteiger partial charge is 0.335 e. The molecule has 0 saturated carbocycles. The Bertz CT molecular complexity index is 1110. The number of aromatic carboxylic acids is 1. The molecule has 1 heterocycles. The molecule has 2 aromatic rings. The summed E-state index contributed by atoms with van der Waals surface area (Å²) in [5.74, 6) is -4.41. The second-order valence-electron chi connectivity index (χ2n) is 6.24. The van der Waals surface area contributed by atoms with Crippen LogP contribution in [0.3, 0.4) is 0 Å². The number of carbonyl (C=O) groups excluding carboxylic acids is 2. The van der Waals surface area contributed by atoms with E-state index in [1.54, 1.807) is 18.2 Å². The molecule has 1 atom stereocenters. The van der Waals surface area contributed by atoms with E-state index in [4.69, 9.17) is 21.1 Å². The van der Waals surface area contributed by atoms with Crippen molar-refractivity contribution in [3.8, 4) is 0 Å². The SMILES string of the molecule is NC=N[C@@H](CC(=O)O)C(=O)O.O=C(O)c1ccc(N2C(=O)c3ccc(Br)cc3C2=O)cc1. The minimum atomic E-state index is -1.30. The van der Waals surface area contributed by atoms with E-state index in [-0.39, 0.29) is 5.56 Å². The topological polar surface area (TPSA) is 188 Å². The van der Waals surface area contributed by atoms with Crippen molar-refractivity contribution in [3.05, 3.63) is 63.6 Å². The summed E-state index contributed by atoms with van der Waals surface area (Å²) in [6.45, 7) is 0. The Balaban J connectivity index is 0.000000282. The van der Waals surface area contributed by atoms with Crippen molar-refractivity contribution in [1.29, 1.82) is 0 Å². The molecule has 12 heteroatoms. The first-order valence-corrected chi connectivity index (χ1v) is 9.55. The van der Waals surface area contributed by atoms with Crippen LogP contribution >= 0.6 is 15.9 Å². The van der Waals surface area contributed by atoms with Gasteiger partial charge in [-0.15, -0.1) is 0 Å². The number of hydrogen-bond donors (Lipinski definition) is 4. The summed E-state index contributed by atoms with van der Waals surface area (Å²) < 4.78 is 0.713. The molecule has 0 aliphatic carbocycles. The molecule has 0 bridgehead atoms. The number of rotatable bonds is 6. The first kappa shape index (κ1) is 24.2. The number of aliphatic imine (C=N–C) groups is 1.